The number of hydrogen-bond acceptors (Lipinski definition) is 4. The van der Waals surface area contributed by atoms with E-state index in [2.05, 4.69) is 0 Å². The van der Waals surface area contributed by atoms with Gasteiger partial charge in [0.2, 0.25) is 0 Å². The third-order valence-electron chi connectivity index (χ3n) is 5.67. The third-order valence-corrected chi connectivity index (χ3v) is 5.67. The molecular weight excluding hydrogens is 316 g/mol. The van der Waals surface area contributed by atoms with Crippen molar-refractivity contribution in [1.82, 2.24) is 0 Å². The van der Waals surface area contributed by atoms with Gasteiger partial charge in [0.1, 0.15) is 11.3 Å². The molecular formula is C21H24O4. The Balaban J connectivity index is 1.72. The van der Waals surface area contributed by atoms with E-state index in [1.165, 1.54) is 6.42 Å². The van der Waals surface area contributed by atoms with Crippen molar-refractivity contribution in [1.29, 1.82) is 0 Å². The summed E-state index contributed by atoms with van der Waals surface area (Å²) < 4.78 is 11.3. The number of rotatable bonds is 2. The van der Waals surface area contributed by atoms with Gasteiger partial charge in [0.15, 0.2) is 0 Å². The van der Waals surface area contributed by atoms with Gasteiger partial charge in [-0.3, -0.25) is 4.79 Å². The second-order valence-corrected chi connectivity index (χ2v) is 7.42. The molecule has 4 rings (SSSR count). The molecule has 0 unspecified atom stereocenters. The number of esters is 1. The smallest absolute Gasteiger partial charge is 0.339 e. The number of benzene rings is 1. The molecule has 0 amide bonds. The van der Waals surface area contributed by atoms with Crippen molar-refractivity contribution in [2.75, 3.05) is 0 Å². The lowest BCUT2D eigenvalue weighted by molar-refractivity contribution is -0.140. The number of fused-ring (bicyclic) bond motifs is 3. The van der Waals surface area contributed by atoms with Crippen molar-refractivity contribution in [3.05, 3.63) is 39.2 Å². The first-order valence-electron chi connectivity index (χ1n) is 9.44. The van der Waals surface area contributed by atoms with E-state index in [0.717, 1.165) is 73.4 Å². The Morgan fingerprint density at radius 2 is 1.76 bits per heavy atom. The zero-order valence-electron chi connectivity index (χ0n) is 14.7. The molecule has 2 aromatic rings. The van der Waals surface area contributed by atoms with Crippen molar-refractivity contribution in [3.63, 3.8) is 0 Å². The Bertz CT molecular complexity index is 872. The Labute approximate surface area is 147 Å². The van der Waals surface area contributed by atoms with Crippen LogP contribution in [0.3, 0.4) is 0 Å². The van der Waals surface area contributed by atoms with Crippen molar-refractivity contribution < 1.29 is 13.9 Å². The fourth-order valence-electron chi connectivity index (χ4n) is 4.21. The number of carbonyl (C=O) groups excluding carboxylic acids is 1. The summed E-state index contributed by atoms with van der Waals surface area (Å²) >= 11 is 0. The maximum atomic E-state index is 12.5. The van der Waals surface area contributed by atoms with Crippen LogP contribution in [0.15, 0.2) is 21.3 Å². The molecule has 4 nitrogen and oxygen atoms in total. The molecule has 4 heteroatoms. The third kappa shape index (κ3) is 3.10. The van der Waals surface area contributed by atoms with Crippen molar-refractivity contribution in [2.45, 2.75) is 64.7 Å². The lowest BCUT2D eigenvalue weighted by Crippen LogP contribution is -2.23. The maximum absolute atomic E-state index is 12.5. The predicted molar refractivity (Wildman–Crippen MR) is 96.1 cm³/mol. The van der Waals surface area contributed by atoms with E-state index in [1.807, 2.05) is 19.1 Å². The number of ether oxygens (including phenoxy) is 1. The zero-order chi connectivity index (χ0) is 17.4. The van der Waals surface area contributed by atoms with Crippen LogP contribution in [0.5, 0.6) is 5.75 Å². The first-order chi connectivity index (χ1) is 12.1. The van der Waals surface area contributed by atoms with Crippen LogP contribution in [0, 0.1) is 12.8 Å². The summed E-state index contributed by atoms with van der Waals surface area (Å²) in [5.41, 5.74) is 3.09. The molecule has 0 spiro atoms. The van der Waals surface area contributed by atoms with Crippen LogP contribution in [-0.2, 0) is 17.6 Å². The van der Waals surface area contributed by atoms with Crippen LogP contribution >= 0.6 is 0 Å². The molecule has 2 aliphatic carbocycles. The Hall–Kier alpha value is -2.10. The van der Waals surface area contributed by atoms with Crippen LogP contribution in [0.25, 0.3) is 11.0 Å². The molecule has 1 aromatic heterocycles. The summed E-state index contributed by atoms with van der Waals surface area (Å²) in [7, 11) is 0. The van der Waals surface area contributed by atoms with Gasteiger partial charge in [-0.15, -0.1) is 0 Å². The molecule has 0 bridgehead atoms. The van der Waals surface area contributed by atoms with Crippen molar-refractivity contribution in [2.24, 2.45) is 5.92 Å². The second-order valence-electron chi connectivity index (χ2n) is 7.42. The Morgan fingerprint density at radius 1 is 1.04 bits per heavy atom. The normalized spacial score (nSPS) is 18.1. The quantitative estimate of drug-likeness (QED) is 0.460. The molecule has 1 saturated carbocycles. The fraction of sp³-hybridized carbons (Fsp3) is 0.524. The highest BCUT2D eigenvalue weighted by molar-refractivity contribution is 5.85. The van der Waals surface area contributed by atoms with Gasteiger partial charge in [0, 0.05) is 10.9 Å². The van der Waals surface area contributed by atoms with Gasteiger partial charge in [-0.05, 0) is 68.7 Å². The largest absolute Gasteiger partial charge is 0.426 e. The van der Waals surface area contributed by atoms with Gasteiger partial charge in [0.25, 0.3) is 0 Å². The summed E-state index contributed by atoms with van der Waals surface area (Å²) in [4.78, 5) is 24.7. The highest BCUT2D eigenvalue weighted by atomic mass is 16.5. The highest BCUT2D eigenvalue weighted by Crippen LogP contribution is 2.33. The van der Waals surface area contributed by atoms with Crippen LogP contribution < -0.4 is 10.4 Å². The summed E-state index contributed by atoms with van der Waals surface area (Å²) in [6, 6.07) is 3.73. The van der Waals surface area contributed by atoms with Crippen LogP contribution in [-0.4, -0.2) is 5.97 Å². The van der Waals surface area contributed by atoms with Gasteiger partial charge < -0.3 is 9.15 Å². The molecule has 132 valence electrons. The van der Waals surface area contributed by atoms with Crippen molar-refractivity contribution in [3.8, 4) is 5.75 Å². The summed E-state index contributed by atoms with van der Waals surface area (Å²) in [5.74, 6) is 0.504. The van der Waals surface area contributed by atoms with Gasteiger partial charge in [-0.1, -0.05) is 19.3 Å². The Morgan fingerprint density at radius 3 is 2.52 bits per heavy atom. The van der Waals surface area contributed by atoms with E-state index >= 15 is 0 Å². The zero-order valence-corrected chi connectivity index (χ0v) is 14.7. The lowest BCUT2D eigenvalue weighted by atomic mass is 9.89. The van der Waals surface area contributed by atoms with E-state index in [1.54, 1.807) is 0 Å². The summed E-state index contributed by atoms with van der Waals surface area (Å²) in [6.45, 7) is 1.89. The average molecular weight is 340 g/mol. The van der Waals surface area contributed by atoms with E-state index in [0.29, 0.717) is 11.3 Å². The van der Waals surface area contributed by atoms with E-state index in [9.17, 15) is 9.59 Å². The highest BCUT2D eigenvalue weighted by Gasteiger charge is 2.24. The number of hydrogen-bond donors (Lipinski definition) is 0. The molecule has 0 radical (unpaired) electrons. The molecule has 0 N–H and O–H groups in total. The van der Waals surface area contributed by atoms with Crippen LogP contribution in [0.2, 0.25) is 0 Å². The van der Waals surface area contributed by atoms with Gasteiger partial charge in [0.05, 0.1) is 5.92 Å². The molecule has 0 atom stereocenters. The monoisotopic (exact) mass is 340 g/mol. The molecule has 2 aliphatic rings. The number of carbonyl (C=O) groups is 1. The van der Waals surface area contributed by atoms with Crippen LogP contribution in [0.4, 0.5) is 0 Å². The summed E-state index contributed by atoms with van der Waals surface area (Å²) in [5, 5.41) is 0.923. The van der Waals surface area contributed by atoms with Gasteiger partial charge in [-0.25, -0.2) is 4.79 Å². The topological polar surface area (TPSA) is 56.5 Å². The molecule has 25 heavy (non-hydrogen) atoms. The molecule has 1 aromatic carbocycles. The molecule has 1 heterocycles. The minimum Gasteiger partial charge on any atom is -0.426 e. The SMILES string of the molecule is Cc1cc2oc(=O)c3c(c2cc1OC(=O)C1CCCCC1)CCCC3. The van der Waals surface area contributed by atoms with Crippen molar-refractivity contribution >= 4 is 16.9 Å². The minimum atomic E-state index is -0.214. The average Bonchev–Trinajstić information content (AvgIpc) is 2.64. The first kappa shape index (κ1) is 16.4. The first-order valence-corrected chi connectivity index (χ1v) is 9.44. The number of aryl methyl sites for hydroxylation is 2. The molecule has 1 fully saturated rings. The maximum Gasteiger partial charge on any atom is 0.339 e. The minimum absolute atomic E-state index is 0.0199. The van der Waals surface area contributed by atoms with Gasteiger partial charge >= 0.3 is 11.6 Å². The van der Waals surface area contributed by atoms with E-state index in [-0.39, 0.29) is 17.5 Å². The fourth-order valence-corrected chi connectivity index (χ4v) is 4.21. The molecule has 0 aliphatic heterocycles. The standard InChI is InChI=1S/C21H24O4/c1-13-11-19-17(15-9-5-6-10-16(15)21(23)25-19)12-18(13)24-20(22)14-7-3-2-4-8-14/h11-12,14H,2-10H2,1H3. The lowest BCUT2D eigenvalue weighted by Gasteiger charge is -2.21. The van der Waals surface area contributed by atoms with Crippen LogP contribution in [0.1, 0.15) is 61.6 Å². The van der Waals surface area contributed by atoms with E-state index in [4.69, 9.17) is 9.15 Å². The summed E-state index contributed by atoms with van der Waals surface area (Å²) in [6.07, 6.45) is 9.05. The predicted octanol–water partition coefficient (Wildman–Crippen LogP) is 4.47. The molecule has 0 saturated heterocycles. The Kier molecular flexibility index (Phi) is 4.36. The second kappa shape index (κ2) is 6.66. The van der Waals surface area contributed by atoms with Gasteiger partial charge in [-0.2, -0.15) is 0 Å². The van der Waals surface area contributed by atoms with E-state index < -0.39 is 0 Å².